The maximum atomic E-state index is 7.51. The van der Waals surface area contributed by atoms with Gasteiger partial charge in [-0.25, -0.2) is 0 Å². The average molecular weight is 1760 g/mol. The molecule has 30 rings (SSSR count). The molecule has 7 heterocycles. The van der Waals surface area contributed by atoms with E-state index in [1.54, 1.807) is 0 Å². The summed E-state index contributed by atoms with van der Waals surface area (Å²) in [5.74, 6) is 4.88. The highest BCUT2D eigenvalue weighted by molar-refractivity contribution is 6.98. The normalized spacial score (nSPS) is 13.5. The van der Waals surface area contributed by atoms with Crippen LogP contribution in [0.5, 0.6) is 23.0 Å². The number of hydrogen-bond acceptors (Lipinski definition) is 6. The van der Waals surface area contributed by atoms with Gasteiger partial charge < -0.3 is 23.5 Å². The van der Waals surface area contributed by atoms with Gasteiger partial charge in [-0.1, -0.05) is 341 Å². The van der Waals surface area contributed by atoms with E-state index in [0.717, 1.165) is 183 Å². The van der Waals surface area contributed by atoms with E-state index in [1.165, 1.54) is 77.5 Å². The minimum Gasteiger partial charge on any atom is -0.458 e. The average Bonchev–Trinajstić information content (AvgIpc) is 1.50. The number of ether oxygens (including phenoxy) is 2. The fourth-order valence-electron chi connectivity index (χ4n) is 24.7. The van der Waals surface area contributed by atoms with Gasteiger partial charge in [0.1, 0.15) is 23.0 Å². The van der Waals surface area contributed by atoms with Crippen LogP contribution in [0.25, 0.3) is 189 Å². The lowest BCUT2D eigenvalue weighted by molar-refractivity contribution is 0.465. The van der Waals surface area contributed by atoms with Crippen LogP contribution in [-0.2, 0) is 10.8 Å². The van der Waals surface area contributed by atoms with E-state index >= 15 is 0 Å². The van der Waals surface area contributed by atoms with Crippen LogP contribution < -0.4 is 30.8 Å². The summed E-state index contributed by atoms with van der Waals surface area (Å²) in [6.07, 6.45) is 0. The predicted octanol–water partition coefficient (Wildman–Crippen LogP) is 29.8. The molecule has 0 bridgehead atoms. The van der Waals surface area contributed by atoms with Gasteiger partial charge in [-0.3, -0.25) is 9.13 Å². The van der Waals surface area contributed by atoms with Crippen molar-refractivity contribution in [3.8, 4) is 124 Å². The molecule has 0 unspecified atom stereocenters. The number of rotatable bonds is 11. The fraction of sp³-hybridized carbons (Fsp3) is 0.0315. The summed E-state index contributed by atoms with van der Waals surface area (Å²) in [4.78, 5) is 19.5. The van der Waals surface area contributed by atoms with Gasteiger partial charge in [0.15, 0.2) is 5.82 Å². The molecule has 5 aromatic heterocycles. The summed E-state index contributed by atoms with van der Waals surface area (Å²) in [5, 5.41) is 9.19. The molecule has 0 saturated heterocycles. The third-order valence-corrected chi connectivity index (χ3v) is 30.6. The summed E-state index contributed by atoms with van der Waals surface area (Å²) in [7, 11) is 0. The van der Waals surface area contributed by atoms with Crippen molar-refractivity contribution in [2.45, 2.75) is 24.7 Å². The standard InChI is InChI=1S/C127H79BN8O2/c1-126(2)99-70-64-80(84-40-27-46-106-122(84)138-119-75-83(74-118-121(119)128(106)105-45-17-26-56-117(105)137-118)133-107-47-18-6-31-88(107)89-32-7-19-48-108(89)133)71-98(99)87-69-67-82(73-104(87)126)132(115-55-28-44-103-120(115)96-39-5-16-43-102(96)127(103)100-41-14-3-29-85(100)86-30-4-15-42-101(86)127)81-65-61-77(62-66-81)76-57-59-78(60-58-76)79-63-68-97(116(72-79)134-109-49-20-8-33-90(109)91-34-9-21-50-110(91)134)123-129-124(135-111-51-22-10-35-92(111)93-36-11-23-52-112(93)135)131-125(130-123)136-113-53-24-12-37-94(113)95-38-13-25-54-114(95)136/h3-75H,1-2H3. The second-order valence-electron chi connectivity index (χ2n) is 37.9. The van der Waals surface area contributed by atoms with Crippen molar-refractivity contribution in [3.05, 3.63) is 476 Å². The molecule has 10 nitrogen and oxygen atoms in total. The summed E-state index contributed by atoms with van der Waals surface area (Å²) in [6.45, 7) is 4.69. The molecular formula is C127H79BN8O2. The zero-order chi connectivity index (χ0) is 90.5. The zero-order valence-electron chi connectivity index (χ0n) is 75.1. The van der Waals surface area contributed by atoms with E-state index < -0.39 is 10.8 Å². The monoisotopic (exact) mass is 1760 g/mol. The number of para-hydroxylation sites is 10. The molecule has 642 valence electrons. The molecule has 20 aromatic carbocycles. The van der Waals surface area contributed by atoms with Gasteiger partial charge in [-0.2, -0.15) is 15.0 Å². The maximum absolute atomic E-state index is 7.51. The van der Waals surface area contributed by atoms with Crippen LogP contribution in [0.1, 0.15) is 47.2 Å². The maximum Gasteiger partial charge on any atom is 0.260 e. The highest BCUT2D eigenvalue weighted by Gasteiger charge is 2.53. The Bertz CT molecular complexity index is 9240. The minimum atomic E-state index is -0.557. The molecule has 0 atom stereocenters. The predicted molar refractivity (Wildman–Crippen MR) is 565 cm³/mol. The minimum absolute atomic E-state index is 0.128. The Hall–Kier alpha value is -17.9. The first-order valence-electron chi connectivity index (χ1n) is 47.6. The number of nitrogens with zero attached hydrogens (tertiary/aromatic N) is 8. The first kappa shape index (κ1) is 76.6. The molecule has 0 saturated carbocycles. The Kier molecular flexibility index (Phi) is 16.0. The molecule has 1 spiro atoms. The Balaban J connectivity index is 0.551. The largest absolute Gasteiger partial charge is 0.458 e. The van der Waals surface area contributed by atoms with Crippen LogP contribution in [0.2, 0.25) is 0 Å². The van der Waals surface area contributed by atoms with Crippen molar-refractivity contribution < 1.29 is 9.47 Å². The van der Waals surface area contributed by atoms with E-state index in [-0.39, 0.29) is 6.71 Å². The molecule has 5 aliphatic rings. The first-order chi connectivity index (χ1) is 68.2. The van der Waals surface area contributed by atoms with Crippen molar-refractivity contribution in [1.29, 1.82) is 0 Å². The molecule has 3 aliphatic carbocycles. The van der Waals surface area contributed by atoms with Crippen LogP contribution >= 0.6 is 0 Å². The smallest absolute Gasteiger partial charge is 0.260 e. The molecule has 138 heavy (non-hydrogen) atoms. The summed E-state index contributed by atoms with van der Waals surface area (Å²) < 4.78 is 23.7. The zero-order valence-corrected chi connectivity index (χ0v) is 75.1. The molecule has 11 heteroatoms. The Morgan fingerprint density at radius 3 is 1.22 bits per heavy atom. The second-order valence-corrected chi connectivity index (χ2v) is 37.9. The van der Waals surface area contributed by atoms with Gasteiger partial charge in [0.2, 0.25) is 11.9 Å². The van der Waals surface area contributed by atoms with Gasteiger partial charge in [0, 0.05) is 94.2 Å². The van der Waals surface area contributed by atoms with Crippen molar-refractivity contribution in [2.24, 2.45) is 0 Å². The lowest BCUT2D eigenvalue weighted by Crippen LogP contribution is -2.57. The number of benzene rings is 20. The summed E-state index contributed by atoms with van der Waals surface area (Å²) in [5.41, 5.74) is 38.4. The Morgan fingerprint density at radius 1 is 0.261 bits per heavy atom. The quantitative estimate of drug-likeness (QED) is 0.120. The Labute approximate surface area is 794 Å². The highest BCUT2D eigenvalue weighted by atomic mass is 16.5. The highest BCUT2D eigenvalue weighted by Crippen LogP contribution is 2.66. The van der Waals surface area contributed by atoms with Gasteiger partial charge >= 0.3 is 0 Å². The SMILES string of the molecule is CC1(C)c2ccc(-c3cccc4c3Oc3cc(-n5c6ccccc6c6ccccc65)cc5c3B4c3ccccc3O5)cc2-c2ccc(N(c3ccc(-c4ccc(-c5ccc(-c6nc(-n7c8ccccc8c8ccccc87)nc(-n7c8ccccc8c8ccccc87)n6)c(-n6c7ccccc7c7ccccc76)c5)cc4)cc3)c3cccc4c3-c3ccccc3C43c4ccccc4-c4ccccc43)cc21. The molecular weight excluding hydrogens is 1680 g/mol. The molecule has 0 fully saturated rings. The molecule has 0 radical (unpaired) electrons. The van der Waals surface area contributed by atoms with Gasteiger partial charge in [0.05, 0.1) is 66.6 Å². The summed E-state index contributed by atoms with van der Waals surface area (Å²) >= 11 is 0. The number of anilines is 3. The van der Waals surface area contributed by atoms with Gasteiger partial charge in [0.25, 0.3) is 6.71 Å². The van der Waals surface area contributed by atoms with Crippen molar-refractivity contribution >= 4 is 127 Å². The second kappa shape index (κ2) is 28.8. The number of aromatic nitrogens is 7. The molecule has 0 N–H and O–H groups in total. The first-order valence-corrected chi connectivity index (χ1v) is 47.6. The van der Waals surface area contributed by atoms with Crippen LogP contribution in [0, 0.1) is 0 Å². The van der Waals surface area contributed by atoms with E-state index in [4.69, 9.17) is 24.4 Å². The van der Waals surface area contributed by atoms with Crippen LogP contribution in [-0.4, -0.2) is 39.9 Å². The van der Waals surface area contributed by atoms with E-state index in [2.05, 4.69) is 480 Å². The summed E-state index contributed by atoms with van der Waals surface area (Å²) in [6, 6.07) is 163. The fourth-order valence-corrected chi connectivity index (χ4v) is 24.7. The van der Waals surface area contributed by atoms with E-state index in [1.807, 2.05) is 0 Å². The number of fused-ring (bicyclic) bond motifs is 29. The third kappa shape index (κ3) is 10.7. The lowest BCUT2D eigenvalue weighted by Gasteiger charge is -2.34. The van der Waals surface area contributed by atoms with Crippen molar-refractivity contribution in [1.82, 2.24) is 33.2 Å². The lowest BCUT2D eigenvalue weighted by atomic mass is 9.34. The third-order valence-electron chi connectivity index (χ3n) is 30.6. The Morgan fingerprint density at radius 2 is 0.667 bits per heavy atom. The molecule has 2 aliphatic heterocycles. The van der Waals surface area contributed by atoms with E-state index in [9.17, 15) is 0 Å². The van der Waals surface area contributed by atoms with Crippen molar-refractivity contribution in [3.63, 3.8) is 0 Å². The molecule has 0 amide bonds. The van der Waals surface area contributed by atoms with Gasteiger partial charge in [-0.05, 0) is 203 Å². The van der Waals surface area contributed by atoms with E-state index in [0.29, 0.717) is 17.7 Å². The van der Waals surface area contributed by atoms with Gasteiger partial charge in [-0.15, -0.1) is 0 Å². The van der Waals surface area contributed by atoms with Crippen LogP contribution in [0.15, 0.2) is 443 Å². The molecule has 25 aromatic rings. The van der Waals surface area contributed by atoms with Crippen LogP contribution in [0.3, 0.4) is 0 Å². The van der Waals surface area contributed by atoms with Crippen LogP contribution in [0.4, 0.5) is 17.1 Å². The topological polar surface area (TPSA) is 80.1 Å². The van der Waals surface area contributed by atoms with Crippen molar-refractivity contribution in [2.75, 3.05) is 4.90 Å². The number of hydrogen-bond donors (Lipinski definition) is 0.